The van der Waals surface area contributed by atoms with E-state index in [2.05, 4.69) is 34.5 Å². The van der Waals surface area contributed by atoms with E-state index < -0.39 is 0 Å². The third kappa shape index (κ3) is 1.29. The third-order valence-corrected chi connectivity index (χ3v) is 1.94. The number of hydrogen-bond acceptors (Lipinski definition) is 2. The molecule has 2 nitrogen and oxygen atoms in total. The van der Waals surface area contributed by atoms with Gasteiger partial charge in [-0.25, -0.2) is 0 Å². The maximum atomic E-state index is 4.04. The van der Waals surface area contributed by atoms with Crippen LogP contribution in [0.5, 0.6) is 0 Å². The summed E-state index contributed by atoms with van der Waals surface area (Å²) in [6.45, 7) is 1.60. The normalized spacial score (nSPS) is 15.6. The molecule has 0 unspecified atom stereocenters. The van der Waals surface area contributed by atoms with Gasteiger partial charge in [-0.15, -0.1) is 0 Å². The lowest BCUT2D eigenvalue weighted by Crippen LogP contribution is -1.91. The van der Waals surface area contributed by atoms with E-state index >= 15 is 0 Å². The van der Waals surface area contributed by atoms with Gasteiger partial charge in [-0.2, -0.15) is 10.2 Å². The Balaban J connectivity index is 2.40. The van der Waals surface area contributed by atoms with Gasteiger partial charge in [-0.05, 0) is 17.5 Å². The fraction of sp³-hybridized carbons (Fsp3) is 0.333. The Morgan fingerprint density at radius 1 is 1.00 bits per heavy atom. The highest BCUT2D eigenvalue weighted by molar-refractivity contribution is 5.27. The molecule has 2 heteroatoms. The minimum absolute atomic E-state index is 0.760. The SMILES string of the molecule is c1ccc2c(c1)CCN=NC2. The highest BCUT2D eigenvalue weighted by Gasteiger charge is 2.02. The van der Waals surface area contributed by atoms with Crippen LogP contribution < -0.4 is 0 Å². The lowest BCUT2D eigenvalue weighted by Gasteiger charge is -2.00. The van der Waals surface area contributed by atoms with E-state index in [0.717, 1.165) is 19.5 Å². The molecule has 0 saturated heterocycles. The van der Waals surface area contributed by atoms with Gasteiger partial charge in [-0.1, -0.05) is 24.3 Å². The molecule has 0 aliphatic carbocycles. The zero-order chi connectivity index (χ0) is 7.52. The van der Waals surface area contributed by atoms with Crippen molar-refractivity contribution in [2.45, 2.75) is 13.0 Å². The molecule has 0 spiro atoms. The quantitative estimate of drug-likeness (QED) is 0.536. The van der Waals surface area contributed by atoms with Crippen LogP contribution >= 0.6 is 0 Å². The zero-order valence-corrected chi connectivity index (χ0v) is 6.33. The van der Waals surface area contributed by atoms with E-state index in [1.165, 1.54) is 11.1 Å². The van der Waals surface area contributed by atoms with Crippen LogP contribution in [0.2, 0.25) is 0 Å². The smallest absolute Gasteiger partial charge is 0.0851 e. The Hall–Kier alpha value is -1.18. The second-order valence-corrected chi connectivity index (χ2v) is 2.68. The molecule has 0 atom stereocenters. The molecular formula is C9H10N2. The molecule has 0 aromatic heterocycles. The van der Waals surface area contributed by atoms with Crippen molar-refractivity contribution in [3.8, 4) is 0 Å². The average Bonchev–Trinajstić information content (AvgIpc) is 2.28. The fourth-order valence-corrected chi connectivity index (χ4v) is 1.32. The van der Waals surface area contributed by atoms with Crippen molar-refractivity contribution in [3.63, 3.8) is 0 Å². The van der Waals surface area contributed by atoms with Gasteiger partial charge in [0.2, 0.25) is 0 Å². The highest BCUT2D eigenvalue weighted by atomic mass is 15.1. The molecule has 2 rings (SSSR count). The molecule has 56 valence electrons. The molecule has 1 aliphatic rings. The predicted molar refractivity (Wildman–Crippen MR) is 43.6 cm³/mol. The molecule has 0 bridgehead atoms. The molecule has 0 fully saturated rings. The van der Waals surface area contributed by atoms with E-state index in [0.29, 0.717) is 0 Å². The van der Waals surface area contributed by atoms with Gasteiger partial charge in [-0.3, -0.25) is 0 Å². The van der Waals surface area contributed by atoms with Gasteiger partial charge in [0, 0.05) is 0 Å². The van der Waals surface area contributed by atoms with Crippen molar-refractivity contribution < 1.29 is 0 Å². The molecule has 1 aromatic rings. The van der Waals surface area contributed by atoms with Crippen molar-refractivity contribution >= 4 is 0 Å². The first-order valence-corrected chi connectivity index (χ1v) is 3.87. The first-order valence-electron chi connectivity index (χ1n) is 3.87. The Bertz CT molecular complexity index is 279. The summed E-state index contributed by atoms with van der Waals surface area (Å²) in [5, 5.41) is 8.05. The van der Waals surface area contributed by atoms with Crippen LogP contribution in [0.25, 0.3) is 0 Å². The van der Waals surface area contributed by atoms with Crippen LogP contribution in [-0.4, -0.2) is 6.54 Å². The first-order chi connectivity index (χ1) is 5.47. The summed E-state index contributed by atoms with van der Waals surface area (Å²) >= 11 is 0. The summed E-state index contributed by atoms with van der Waals surface area (Å²) in [5.41, 5.74) is 2.73. The van der Waals surface area contributed by atoms with Crippen molar-refractivity contribution in [2.75, 3.05) is 6.54 Å². The lowest BCUT2D eigenvalue weighted by molar-refractivity contribution is 0.878. The standard InChI is InChI=1S/C9H10N2/c1-2-4-9-7-11-10-6-5-8(9)3-1/h1-4H,5-7H2. The predicted octanol–water partition coefficient (Wildman–Crippen LogP) is 2.19. The number of benzene rings is 1. The van der Waals surface area contributed by atoms with Gasteiger partial charge in [0.15, 0.2) is 0 Å². The maximum absolute atomic E-state index is 4.04. The summed E-state index contributed by atoms with van der Waals surface area (Å²) in [5.74, 6) is 0. The maximum Gasteiger partial charge on any atom is 0.0851 e. The summed E-state index contributed by atoms with van der Waals surface area (Å²) in [4.78, 5) is 0. The van der Waals surface area contributed by atoms with Crippen molar-refractivity contribution in [1.82, 2.24) is 0 Å². The second kappa shape index (κ2) is 2.82. The molecule has 0 radical (unpaired) electrons. The minimum atomic E-state index is 0.760. The molecule has 1 aliphatic heterocycles. The lowest BCUT2D eigenvalue weighted by atomic mass is 10.1. The molecule has 0 saturated carbocycles. The summed E-state index contributed by atoms with van der Waals surface area (Å²) < 4.78 is 0. The number of hydrogen-bond donors (Lipinski definition) is 0. The van der Waals surface area contributed by atoms with E-state index in [4.69, 9.17) is 0 Å². The van der Waals surface area contributed by atoms with Gasteiger partial charge in [0.05, 0.1) is 13.1 Å². The van der Waals surface area contributed by atoms with Crippen molar-refractivity contribution in [2.24, 2.45) is 10.2 Å². The summed E-state index contributed by atoms with van der Waals surface area (Å²) in [6, 6.07) is 8.41. The molecule has 11 heavy (non-hydrogen) atoms. The fourth-order valence-electron chi connectivity index (χ4n) is 1.32. The Morgan fingerprint density at radius 2 is 1.82 bits per heavy atom. The van der Waals surface area contributed by atoms with E-state index in [9.17, 15) is 0 Å². The van der Waals surface area contributed by atoms with Crippen LogP contribution in [0.1, 0.15) is 11.1 Å². The van der Waals surface area contributed by atoms with Gasteiger partial charge in [0.1, 0.15) is 0 Å². The Kier molecular flexibility index (Phi) is 1.68. The Morgan fingerprint density at radius 3 is 2.73 bits per heavy atom. The number of azo groups is 1. The highest BCUT2D eigenvalue weighted by Crippen LogP contribution is 2.13. The zero-order valence-electron chi connectivity index (χ0n) is 6.33. The molecule has 1 heterocycles. The van der Waals surface area contributed by atoms with Gasteiger partial charge < -0.3 is 0 Å². The third-order valence-electron chi connectivity index (χ3n) is 1.94. The number of nitrogens with zero attached hydrogens (tertiary/aromatic N) is 2. The van der Waals surface area contributed by atoms with E-state index in [1.807, 2.05) is 0 Å². The van der Waals surface area contributed by atoms with Crippen molar-refractivity contribution in [3.05, 3.63) is 35.4 Å². The largest absolute Gasteiger partial charge is 0.194 e. The van der Waals surface area contributed by atoms with Crippen molar-refractivity contribution in [1.29, 1.82) is 0 Å². The van der Waals surface area contributed by atoms with Crippen LogP contribution in [0.15, 0.2) is 34.5 Å². The molecule has 0 N–H and O–H groups in total. The van der Waals surface area contributed by atoms with Crippen LogP contribution in [0.4, 0.5) is 0 Å². The summed E-state index contributed by atoms with van der Waals surface area (Å²) in [6.07, 6.45) is 1.04. The monoisotopic (exact) mass is 146 g/mol. The molecular weight excluding hydrogens is 136 g/mol. The van der Waals surface area contributed by atoms with Gasteiger partial charge >= 0.3 is 0 Å². The Labute approximate surface area is 66.0 Å². The van der Waals surface area contributed by atoms with Crippen LogP contribution in [0, 0.1) is 0 Å². The minimum Gasteiger partial charge on any atom is -0.194 e. The topological polar surface area (TPSA) is 24.7 Å². The first kappa shape index (κ1) is 6.53. The average molecular weight is 146 g/mol. The number of rotatable bonds is 0. The molecule has 1 aromatic carbocycles. The molecule has 0 amide bonds. The van der Waals surface area contributed by atoms with Crippen LogP contribution in [-0.2, 0) is 13.0 Å². The van der Waals surface area contributed by atoms with Crippen LogP contribution in [0.3, 0.4) is 0 Å². The van der Waals surface area contributed by atoms with E-state index in [1.54, 1.807) is 0 Å². The van der Waals surface area contributed by atoms with E-state index in [-0.39, 0.29) is 0 Å². The van der Waals surface area contributed by atoms with Gasteiger partial charge in [0.25, 0.3) is 0 Å². The summed E-state index contributed by atoms with van der Waals surface area (Å²) in [7, 11) is 0. The second-order valence-electron chi connectivity index (χ2n) is 2.68. The number of fused-ring (bicyclic) bond motifs is 1.